The molecule has 0 saturated heterocycles. The van der Waals surface area contributed by atoms with Crippen LogP contribution in [0.5, 0.6) is 0 Å². The predicted octanol–water partition coefficient (Wildman–Crippen LogP) is 3.19. The normalized spacial score (nSPS) is 12.2. The second-order valence-electron chi connectivity index (χ2n) is 3.78. The minimum atomic E-state index is -0.554. The summed E-state index contributed by atoms with van der Waals surface area (Å²) >= 11 is 12.0. The molecule has 0 bridgehead atoms. The molecule has 0 aliphatic rings. The third-order valence-corrected chi connectivity index (χ3v) is 3.04. The van der Waals surface area contributed by atoms with Crippen LogP contribution in [0.4, 0.5) is 11.4 Å². The number of benzene rings is 1. The molecule has 0 saturated carbocycles. The minimum Gasteiger partial charge on any atom is -0.373 e. The van der Waals surface area contributed by atoms with Crippen molar-refractivity contribution in [3.05, 3.63) is 44.4 Å². The van der Waals surface area contributed by atoms with Crippen LogP contribution in [0.15, 0.2) is 18.5 Å². The molecule has 100 valence electrons. The van der Waals surface area contributed by atoms with Crippen molar-refractivity contribution in [1.29, 1.82) is 0 Å². The Morgan fingerprint density at radius 2 is 2.05 bits per heavy atom. The van der Waals surface area contributed by atoms with E-state index in [1.54, 1.807) is 0 Å². The second-order valence-corrected chi connectivity index (χ2v) is 4.59. The van der Waals surface area contributed by atoms with Gasteiger partial charge in [0.05, 0.1) is 26.7 Å². The summed E-state index contributed by atoms with van der Waals surface area (Å²) in [6, 6.07) is 2.25. The van der Waals surface area contributed by atoms with Crippen LogP contribution in [0.2, 0.25) is 10.0 Å². The lowest BCUT2D eigenvalue weighted by Crippen LogP contribution is -2.09. The van der Waals surface area contributed by atoms with Gasteiger partial charge in [-0.1, -0.05) is 23.2 Å². The van der Waals surface area contributed by atoms with Gasteiger partial charge in [-0.05, 0) is 6.92 Å². The highest BCUT2D eigenvalue weighted by Crippen LogP contribution is 2.36. The van der Waals surface area contributed by atoms with Crippen molar-refractivity contribution in [2.45, 2.75) is 13.0 Å². The summed E-state index contributed by atoms with van der Waals surface area (Å²) in [5.74, 6) is 0.602. The van der Waals surface area contributed by atoms with Crippen molar-refractivity contribution < 1.29 is 4.92 Å². The third kappa shape index (κ3) is 2.94. The Balaban J connectivity index is 2.28. The Morgan fingerprint density at radius 1 is 1.42 bits per heavy atom. The number of rotatable bonds is 4. The zero-order valence-electron chi connectivity index (χ0n) is 9.72. The predicted molar refractivity (Wildman–Crippen MR) is 71.5 cm³/mol. The summed E-state index contributed by atoms with van der Waals surface area (Å²) < 4.78 is 0. The molecule has 1 heterocycles. The molecule has 1 unspecified atom stereocenters. The van der Waals surface area contributed by atoms with Crippen LogP contribution in [0.1, 0.15) is 18.8 Å². The van der Waals surface area contributed by atoms with Crippen LogP contribution in [-0.2, 0) is 0 Å². The highest BCUT2D eigenvalue weighted by atomic mass is 35.5. The van der Waals surface area contributed by atoms with Crippen LogP contribution < -0.4 is 5.32 Å². The maximum atomic E-state index is 10.7. The molecule has 0 fully saturated rings. The van der Waals surface area contributed by atoms with E-state index in [0.29, 0.717) is 11.5 Å². The average Bonchev–Trinajstić information content (AvgIpc) is 2.86. The lowest BCUT2D eigenvalue weighted by molar-refractivity contribution is -0.384. The number of hydrogen-bond acceptors (Lipinski definition) is 5. The molecule has 1 atom stereocenters. The number of hydrogen-bond donors (Lipinski definition) is 2. The number of nitrogens with one attached hydrogen (secondary N) is 2. The van der Waals surface area contributed by atoms with Crippen LogP contribution in [0.25, 0.3) is 0 Å². The summed E-state index contributed by atoms with van der Waals surface area (Å²) in [6.45, 7) is 1.83. The van der Waals surface area contributed by atoms with Gasteiger partial charge in [0.25, 0.3) is 5.69 Å². The number of halogens is 2. The monoisotopic (exact) mass is 301 g/mol. The molecule has 2 aromatic rings. The maximum absolute atomic E-state index is 10.7. The van der Waals surface area contributed by atoms with Crippen molar-refractivity contribution in [2.75, 3.05) is 5.32 Å². The van der Waals surface area contributed by atoms with E-state index in [4.69, 9.17) is 23.2 Å². The van der Waals surface area contributed by atoms with Crippen molar-refractivity contribution >= 4 is 34.6 Å². The summed E-state index contributed by atoms with van der Waals surface area (Å²) in [5.41, 5.74) is 0.255. The molecule has 0 aliphatic heterocycles. The Kier molecular flexibility index (Phi) is 3.87. The first kappa shape index (κ1) is 13.6. The maximum Gasteiger partial charge on any atom is 0.272 e. The fraction of sp³-hybridized carbons (Fsp3) is 0.200. The number of nitro groups is 1. The average molecular weight is 302 g/mol. The van der Waals surface area contributed by atoms with Gasteiger partial charge < -0.3 is 5.32 Å². The van der Waals surface area contributed by atoms with Crippen LogP contribution in [0, 0.1) is 10.1 Å². The van der Waals surface area contributed by atoms with Crippen LogP contribution in [-0.4, -0.2) is 20.1 Å². The summed E-state index contributed by atoms with van der Waals surface area (Å²) in [4.78, 5) is 14.1. The molecule has 9 heteroatoms. The van der Waals surface area contributed by atoms with Gasteiger partial charge in [0, 0.05) is 12.1 Å². The van der Waals surface area contributed by atoms with Gasteiger partial charge in [-0.15, -0.1) is 0 Å². The van der Waals surface area contributed by atoms with E-state index in [1.807, 2.05) is 6.92 Å². The fourth-order valence-electron chi connectivity index (χ4n) is 1.51. The largest absolute Gasteiger partial charge is 0.373 e. The SMILES string of the molecule is CC(Nc1c(Cl)cc([N+](=O)[O-])cc1Cl)c1ncn[nH]1. The first-order valence-electron chi connectivity index (χ1n) is 5.24. The topological polar surface area (TPSA) is 96.7 Å². The van der Waals surface area contributed by atoms with E-state index in [1.165, 1.54) is 18.5 Å². The quantitative estimate of drug-likeness (QED) is 0.667. The molecule has 0 amide bonds. The van der Waals surface area contributed by atoms with Gasteiger partial charge in [0.1, 0.15) is 12.2 Å². The van der Waals surface area contributed by atoms with Gasteiger partial charge in [0.2, 0.25) is 0 Å². The van der Waals surface area contributed by atoms with Gasteiger partial charge in [-0.25, -0.2) is 4.98 Å². The Morgan fingerprint density at radius 3 is 2.53 bits per heavy atom. The summed E-state index contributed by atoms with van der Waals surface area (Å²) in [5, 5.41) is 20.5. The lowest BCUT2D eigenvalue weighted by atomic mass is 10.2. The fourth-order valence-corrected chi connectivity index (χ4v) is 2.10. The first-order valence-corrected chi connectivity index (χ1v) is 6.00. The Hall–Kier alpha value is -1.86. The standard InChI is InChI=1S/C10H9Cl2N5O2/c1-5(10-13-4-14-16-10)15-9-7(11)2-6(17(18)19)3-8(9)12/h2-5,15H,1H3,(H,13,14,16). The second kappa shape index (κ2) is 5.41. The molecule has 7 nitrogen and oxygen atoms in total. The molecule has 1 aromatic carbocycles. The van der Waals surface area contributed by atoms with E-state index >= 15 is 0 Å². The molecule has 2 rings (SSSR count). The van der Waals surface area contributed by atoms with Gasteiger partial charge >= 0.3 is 0 Å². The number of nitro benzene ring substituents is 1. The molecular formula is C10H9Cl2N5O2. The third-order valence-electron chi connectivity index (χ3n) is 2.44. The van der Waals surface area contributed by atoms with E-state index in [0.717, 1.165) is 0 Å². The molecule has 19 heavy (non-hydrogen) atoms. The zero-order valence-corrected chi connectivity index (χ0v) is 11.2. The Bertz CT molecular complexity index is 579. The summed E-state index contributed by atoms with van der Waals surface area (Å²) in [7, 11) is 0. The van der Waals surface area contributed by atoms with Gasteiger partial charge in [-0.3, -0.25) is 15.2 Å². The van der Waals surface area contributed by atoms with Gasteiger partial charge in [-0.2, -0.15) is 5.10 Å². The van der Waals surface area contributed by atoms with Crippen molar-refractivity contribution in [3.63, 3.8) is 0 Å². The molecular weight excluding hydrogens is 293 g/mol. The highest BCUT2D eigenvalue weighted by Gasteiger charge is 2.17. The number of aromatic amines is 1. The molecule has 1 aromatic heterocycles. The molecule has 2 N–H and O–H groups in total. The van der Waals surface area contributed by atoms with Crippen molar-refractivity contribution in [2.24, 2.45) is 0 Å². The number of anilines is 1. The number of nitrogens with zero attached hydrogens (tertiary/aromatic N) is 3. The van der Waals surface area contributed by atoms with Crippen molar-refractivity contribution in [1.82, 2.24) is 15.2 Å². The zero-order chi connectivity index (χ0) is 14.0. The van der Waals surface area contributed by atoms with E-state index < -0.39 is 4.92 Å². The minimum absolute atomic E-state index is 0.159. The van der Waals surface area contributed by atoms with Crippen LogP contribution >= 0.6 is 23.2 Å². The first-order chi connectivity index (χ1) is 8.99. The van der Waals surface area contributed by atoms with Gasteiger partial charge in [0.15, 0.2) is 0 Å². The van der Waals surface area contributed by atoms with E-state index in [-0.39, 0.29) is 21.8 Å². The smallest absolute Gasteiger partial charge is 0.272 e. The number of non-ortho nitro benzene ring substituents is 1. The van der Waals surface area contributed by atoms with Crippen molar-refractivity contribution in [3.8, 4) is 0 Å². The molecule has 0 radical (unpaired) electrons. The Labute approximate surface area is 118 Å². The number of aromatic nitrogens is 3. The lowest BCUT2D eigenvalue weighted by Gasteiger charge is -2.15. The van der Waals surface area contributed by atoms with E-state index in [2.05, 4.69) is 20.5 Å². The molecule has 0 spiro atoms. The van der Waals surface area contributed by atoms with Crippen LogP contribution in [0.3, 0.4) is 0 Å². The number of H-pyrrole nitrogens is 1. The summed E-state index contributed by atoms with van der Waals surface area (Å²) in [6.07, 6.45) is 1.38. The molecule has 0 aliphatic carbocycles. The highest BCUT2D eigenvalue weighted by molar-refractivity contribution is 6.39. The van der Waals surface area contributed by atoms with E-state index in [9.17, 15) is 10.1 Å².